The first-order chi connectivity index (χ1) is 10.5. The number of aliphatic hydroxyl groups is 1. The molecule has 0 aliphatic heterocycles. The Labute approximate surface area is 132 Å². The molecule has 5 nitrogen and oxygen atoms in total. The van der Waals surface area contributed by atoms with Crippen LogP contribution < -0.4 is 0 Å². The van der Waals surface area contributed by atoms with Gasteiger partial charge in [0.25, 0.3) is 5.91 Å². The van der Waals surface area contributed by atoms with Crippen molar-refractivity contribution in [3.63, 3.8) is 0 Å². The number of hydrogen-bond acceptors (Lipinski definition) is 4. The second-order valence-corrected chi connectivity index (χ2v) is 5.07. The monoisotopic (exact) mass is 326 g/mol. The molecule has 1 heterocycles. The van der Waals surface area contributed by atoms with Crippen LogP contribution in [0.4, 0.5) is 4.39 Å². The SMILES string of the molecule is CCN(CCO)C(=O)c1c(-c2c(F)cccc2Cl)noc1C. The highest BCUT2D eigenvalue weighted by Gasteiger charge is 2.27. The number of amides is 1. The number of rotatable bonds is 5. The molecule has 22 heavy (non-hydrogen) atoms. The number of halogens is 2. The molecule has 1 aromatic carbocycles. The summed E-state index contributed by atoms with van der Waals surface area (Å²) >= 11 is 6.04. The van der Waals surface area contributed by atoms with Crippen LogP contribution in [0.2, 0.25) is 5.02 Å². The third-order valence-corrected chi connectivity index (χ3v) is 3.63. The number of benzene rings is 1. The average molecular weight is 327 g/mol. The van der Waals surface area contributed by atoms with Crippen LogP contribution >= 0.6 is 11.6 Å². The maximum Gasteiger partial charge on any atom is 0.259 e. The number of aliphatic hydroxyl groups excluding tert-OH is 1. The minimum Gasteiger partial charge on any atom is -0.395 e. The van der Waals surface area contributed by atoms with Gasteiger partial charge in [-0.3, -0.25) is 4.79 Å². The molecule has 2 rings (SSSR count). The van der Waals surface area contributed by atoms with Crippen molar-refractivity contribution >= 4 is 17.5 Å². The van der Waals surface area contributed by atoms with E-state index in [1.165, 1.54) is 23.1 Å². The Kier molecular flexibility index (Phi) is 5.15. The second-order valence-electron chi connectivity index (χ2n) is 4.67. The van der Waals surface area contributed by atoms with Gasteiger partial charge in [-0.2, -0.15) is 0 Å². The van der Waals surface area contributed by atoms with E-state index >= 15 is 0 Å². The zero-order chi connectivity index (χ0) is 16.3. The van der Waals surface area contributed by atoms with E-state index in [0.717, 1.165) is 0 Å². The third-order valence-electron chi connectivity index (χ3n) is 3.32. The van der Waals surface area contributed by atoms with Crippen LogP contribution in [0, 0.1) is 12.7 Å². The summed E-state index contributed by atoms with van der Waals surface area (Å²) < 4.78 is 19.2. The van der Waals surface area contributed by atoms with Crippen LogP contribution in [0.1, 0.15) is 23.0 Å². The Morgan fingerprint density at radius 2 is 2.23 bits per heavy atom. The van der Waals surface area contributed by atoms with Crippen molar-refractivity contribution in [1.82, 2.24) is 10.1 Å². The number of hydrogen-bond donors (Lipinski definition) is 1. The number of likely N-dealkylation sites (N-methyl/N-ethyl adjacent to an activating group) is 1. The highest BCUT2D eigenvalue weighted by Crippen LogP contribution is 2.33. The van der Waals surface area contributed by atoms with Crippen LogP contribution in [-0.4, -0.2) is 40.8 Å². The first-order valence-electron chi connectivity index (χ1n) is 6.82. The van der Waals surface area contributed by atoms with Crippen LogP contribution in [0.5, 0.6) is 0 Å². The van der Waals surface area contributed by atoms with Crippen molar-refractivity contribution < 1.29 is 18.8 Å². The van der Waals surface area contributed by atoms with Gasteiger partial charge < -0.3 is 14.5 Å². The average Bonchev–Trinajstić information content (AvgIpc) is 2.85. The van der Waals surface area contributed by atoms with Gasteiger partial charge in [-0.15, -0.1) is 0 Å². The van der Waals surface area contributed by atoms with Gasteiger partial charge in [0.1, 0.15) is 22.8 Å². The molecule has 0 unspecified atom stereocenters. The lowest BCUT2D eigenvalue weighted by molar-refractivity contribution is 0.0731. The Balaban J connectivity index is 2.55. The van der Waals surface area contributed by atoms with Crippen LogP contribution in [0.15, 0.2) is 22.7 Å². The highest BCUT2D eigenvalue weighted by atomic mass is 35.5. The summed E-state index contributed by atoms with van der Waals surface area (Å²) in [7, 11) is 0. The lowest BCUT2D eigenvalue weighted by Crippen LogP contribution is -2.33. The molecular weight excluding hydrogens is 311 g/mol. The summed E-state index contributed by atoms with van der Waals surface area (Å²) in [5, 5.41) is 13.0. The molecule has 0 radical (unpaired) electrons. The molecule has 7 heteroatoms. The minimum absolute atomic E-state index is 0.0319. The lowest BCUT2D eigenvalue weighted by atomic mass is 10.0. The number of carbonyl (C=O) groups is 1. The Morgan fingerprint density at radius 1 is 1.50 bits per heavy atom. The van der Waals surface area contributed by atoms with E-state index in [1.807, 2.05) is 0 Å². The Bertz CT molecular complexity index is 667. The molecule has 0 saturated heterocycles. The summed E-state index contributed by atoms with van der Waals surface area (Å²) in [6, 6.07) is 4.23. The van der Waals surface area contributed by atoms with Gasteiger partial charge in [0, 0.05) is 13.1 Å². The predicted molar refractivity (Wildman–Crippen MR) is 80.3 cm³/mol. The summed E-state index contributed by atoms with van der Waals surface area (Å²) in [4.78, 5) is 14.0. The zero-order valence-electron chi connectivity index (χ0n) is 12.3. The molecular formula is C15H16ClFN2O3. The van der Waals surface area contributed by atoms with E-state index in [2.05, 4.69) is 5.16 Å². The minimum atomic E-state index is -0.583. The topological polar surface area (TPSA) is 66.6 Å². The lowest BCUT2D eigenvalue weighted by Gasteiger charge is -2.19. The molecule has 1 N–H and O–H groups in total. The molecule has 1 aromatic heterocycles. The molecule has 0 aliphatic rings. The number of aryl methyl sites for hydroxylation is 1. The summed E-state index contributed by atoms with van der Waals surface area (Å²) in [6.45, 7) is 3.76. The zero-order valence-corrected chi connectivity index (χ0v) is 13.0. The van der Waals surface area contributed by atoms with Gasteiger partial charge in [0.15, 0.2) is 0 Å². The summed E-state index contributed by atoms with van der Waals surface area (Å²) in [5.41, 5.74) is 0.258. The van der Waals surface area contributed by atoms with Crippen LogP contribution in [0.3, 0.4) is 0 Å². The predicted octanol–water partition coefficient (Wildman–Crippen LogP) is 2.90. The van der Waals surface area contributed by atoms with E-state index in [9.17, 15) is 9.18 Å². The first-order valence-corrected chi connectivity index (χ1v) is 7.19. The smallest absolute Gasteiger partial charge is 0.259 e. The van der Waals surface area contributed by atoms with Crippen LogP contribution in [-0.2, 0) is 0 Å². The van der Waals surface area contributed by atoms with Crippen molar-refractivity contribution in [2.45, 2.75) is 13.8 Å². The maximum atomic E-state index is 14.1. The Morgan fingerprint density at radius 3 is 2.82 bits per heavy atom. The van der Waals surface area contributed by atoms with Crippen molar-refractivity contribution in [3.8, 4) is 11.3 Å². The van der Waals surface area contributed by atoms with Crippen molar-refractivity contribution in [3.05, 3.63) is 40.4 Å². The van der Waals surface area contributed by atoms with Gasteiger partial charge >= 0.3 is 0 Å². The quantitative estimate of drug-likeness (QED) is 0.917. The van der Waals surface area contributed by atoms with E-state index in [1.54, 1.807) is 13.8 Å². The molecule has 118 valence electrons. The van der Waals surface area contributed by atoms with Gasteiger partial charge in [0.2, 0.25) is 0 Å². The van der Waals surface area contributed by atoms with E-state index in [0.29, 0.717) is 6.54 Å². The van der Waals surface area contributed by atoms with Gasteiger partial charge in [-0.25, -0.2) is 4.39 Å². The van der Waals surface area contributed by atoms with Crippen LogP contribution in [0.25, 0.3) is 11.3 Å². The molecule has 0 fully saturated rings. The van der Waals surface area contributed by atoms with Crippen molar-refractivity contribution in [1.29, 1.82) is 0 Å². The summed E-state index contributed by atoms with van der Waals surface area (Å²) in [5.74, 6) is -0.694. The van der Waals surface area contributed by atoms with E-state index in [4.69, 9.17) is 21.2 Å². The maximum absolute atomic E-state index is 14.1. The fourth-order valence-electron chi connectivity index (χ4n) is 2.20. The molecule has 0 bridgehead atoms. The third kappa shape index (κ3) is 2.98. The molecule has 0 aliphatic carbocycles. The van der Waals surface area contributed by atoms with Gasteiger partial charge in [0.05, 0.1) is 17.2 Å². The first kappa shape index (κ1) is 16.5. The molecule has 1 amide bonds. The molecule has 0 saturated carbocycles. The van der Waals surface area contributed by atoms with Gasteiger partial charge in [-0.05, 0) is 26.0 Å². The normalized spacial score (nSPS) is 10.8. The van der Waals surface area contributed by atoms with Crippen molar-refractivity contribution in [2.24, 2.45) is 0 Å². The fourth-order valence-corrected chi connectivity index (χ4v) is 2.45. The fraction of sp³-hybridized carbons (Fsp3) is 0.333. The number of aromatic nitrogens is 1. The van der Waals surface area contributed by atoms with Crippen molar-refractivity contribution in [2.75, 3.05) is 19.7 Å². The standard InChI is InChI=1S/C15H16ClFN2O3/c1-3-19(7-8-20)15(21)12-9(2)22-18-14(12)13-10(16)5-4-6-11(13)17/h4-6,20H,3,7-8H2,1-2H3. The molecule has 0 atom stereocenters. The van der Waals surface area contributed by atoms with E-state index < -0.39 is 5.82 Å². The number of carbonyl (C=O) groups excluding carboxylic acids is 1. The molecule has 0 spiro atoms. The number of nitrogens with zero attached hydrogens (tertiary/aromatic N) is 2. The van der Waals surface area contributed by atoms with E-state index in [-0.39, 0.29) is 46.7 Å². The largest absolute Gasteiger partial charge is 0.395 e. The summed E-state index contributed by atoms with van der Waals surface area (Å²) in [6.07, 6.45) is 0. The second kappa shape index (κ2) is 6.89. The highest BCUT2D eigenvalue weighted by molar-refractivity contribution is 6.33. The Hall–Kier alpha value is -1.92. The molecule has 2 aromatic rings. The van der Waals surface area contributed by atoms with Gasteiger partial charge in [-0.1, -0.05) is 22.8 Å².